The highest BCUT2D eigenvalue weighted by molar-refractivity contribution is 8.08. The van der Waals surface area contributed by atoms with Crippen molar-refractivity contribution in [2.45, 2.75) is 88.6 Å². The number of aromatic nitrogens is 4. The van der Waals surface area contributed by atoms with E-state index >= 15 is 4.39 Å². The maximum Gasteiger partial charge on any atom is 0.481 e. The molecule has 0 amide bonds. The van der Waals surface area contributed by atoms with Crippen molar-refractivity contribution >= 4 is 67.2 Å². The summed E-state index contributed by atoms with van der Waals surface area (Å²) in [5.41, 5.74) is 3.47. The minimum atomic E-state index is -5.78. The number of aliphatic hydroxyl groups is 2. The number of hydrogen-bond acceptors (Lipinski definition) is 21. The predicted molar refractivity (Wildman–Crippen MR) is 175 cm³/mol. The molecule has 6 N–H and O–H groups in total. The van der Waals surface area contributed by atoms with E-state index in [4.69, 9.17) is 61.0 Å². The van der Waals surface area contributed by atoms with E-state index in [1.807, 2.05) is 5.92 Å². The van der Waals surface area contributed by atoms with Crippen LogP contribution in [-0.4, -0.2) is 131 Å². The third kappa shape index (κ3) is 9.91. The summed E-state index contributed by atoms with van der Waals surface area (Å²) in [4.78, 5) is 80.7. The van der Waals surface area contributed by atoms with Crippen LogP contribution in [0.3, 0.4) is 0 Å². The molecular weight excluding hydrogens is 795 g/mol. The zero-order valence-corrected chi connectivity index (χ0v) is 31.0. The molecule has 0 aromatic carbocycles. The van der Waals surface area contributed by atoms with Crippen molar-refractivity contribution in [1.29, 1.82) is 0 Å². The van der Waals surface area contributed by atoms with Gasteiger partial charge in [-0.1, -0.05) is 5.92 Å². The number of carbonyl (C=O) groups excluding carboxylic acids is 4. The lowest BCUT2D eigenvalue weighted by Crippen LogP contribution is -2.64. The Bertz CT molecular complexity index is 1900. The number of nitrogens with zero attached hydrogens (tertiary/aromatic N) is 4. The highest BCUT2D eigenvalue weighted by atomic mass is 32.5. The Kier molecular flexibility index (Phi) is 13.5. The topological polar surface area (TPSA) is 319 Å². The number of terminal acetylenes is 1. The first-order valence-electron chi connectivity index (χ1n) is 15.2. The van der Waals surface area contributed by atoms with E-state index in [0.29, 0.717) is 0 Å². The van der Waals surface area contributed by atoms with Crippen LogP contribution in [0.1, 0.15) is 33.9 Å². The number of imidazole rings is 1. The number of halogens is 1. The van der Waals surface area contributed by atoms with Gasteiger partial charge in [-0.15, -0.1) is 6.42 Å². The molecule has 12 atom stereocenters. The lowest BCUT2D eigenvalue weighted by Gasteiger charge is -2.44. The van der Waals surface area contributed by atoms with Gasteiger partial charge in [0.1, 0.15) is 36.8 Å². The minimum Gasteiger partial charge on any atom is -0.463 e. The van der Waals surface area contributed by atoms with Crippen molar-refractivity contribution in [2.75, 3.05) is 18.9 Å². The first-order valence-corrected chi connectivity index (χ1v) is 19.3. The van der Waals surface area contributed by atoms with Crippen LogP contribution < -0.4 is 5.73 Å². The Balaban J connectivity index is 1.55. The van der Waals surface area contributed by atoms with Gasteiger partial charge in [0.2, 0.25) is 6.29 Å². The Morgan fingerprint density at radius 1 is 1.06 bits per heavy atom. The molecule has 54 heavy (non-hydrogen) atoms. The average molecular weight is 830 g/mol. The second-order valence-corrected chi connectivity index (χ2v) is 15.8. The van der Waals surface area contributed by atoms with Gasteiger partial charge >= 0.3 is 38.4 Å². The number of carbonyl (C=O) groups is 4. The normalized spacial score (nSPS) is 31.0. The number of phosphoric ester groups is 1. The molecule has 0 aliphatic carbocycles. The largest absolute Gasteiger partial charge is 0.481 e. The summed E-state index contributed by atoms with van der Waals surface area (Å²) in [6.07, 6.45) is -10.3. The second-order valence-electron chi connectivity index (χ2n) is 11.5. The molecule has 298 valence electrons. The summed E-state index contributed by atoms with van der Waals surface area (Å²) in [5.74, 6) is -2.24. The van der Waals surface area contributed by atoms with Crippen molar-refractivity contribution < 1.29 is 89.9 Å². The summed E-state index contributed by atoms with van der Waals surface area (Å²) in [6, 6.07) is 0. The number of anilines is 1. The fraction of sp³-hybridized carbons (Fsp3) is 0.593. The van der Waals surface area contributed by atoms with Crippen molar-refractivity contribution in [2.24, 2.45) is 0 Å². The Hall–Kier alpha value is -3.76. The molecule has 7 unspecified atom stereocenters. The summed E-state index contributed by atoms with van der Waals surface area (Å²) < 4.78 is 75.8. The smallest absolute Gasteiger partial charge is 0.463 e. The SMILES string of the molecule is C#C[C@@]1(O)[C@H](O)[C@@H](COP(O)(=S)OP(=O)(O)OC2OC([C@@H](F)COC(C)=O)C(OC(C)=O)C(OC(C)=O)C2OC(C)=O)O[C@H]1n1cnc2c(N)ncnc21. The van der Waals surface area contributed by atoms with Crippen LogP contribution in [0.15, 0.2) is 12.7 Å². The number of phosphoric acid groups is 1. The molecule has 2 fully saturated rings. The van der Waals surface area contributed by atoms with E-state index in [0.717, 1.165) is 44.9 Å². The maximum absolute atomic E-state index is 15.5. The van der Waals surface area contributed by atoms with E-state index in [2.05, 4.69) is 19.7 Å². The van der Waals surface area contributed by atoms with Crippen LogP contribution >= 0.6 is 14.5 Å². The summed E-state index contributed by atoms with van der Waals surface area (Å²) >= 11 is 4.84. The van der Waals surface area contributed by atoms with E-state index < -0.39 is 113 Å². The van der Waals surface area contributed by atoms with E-state index in [-0.39, 0.29) is 17.0 Å². The molecule has 0 radical (unpaired) electrons. The van der Waals surface area contributed by atoms with Gasteiger partial charge in [0.15, 0.2) is 47.8 Å². The maximum atomic E-state index is 15.5. The van der Waals surface area contributed by atoms with Crippen LogP contribution in [0.5, 0.6) is 0 Å². The second kappa shape index (κ2) is 16.9. The quantitative estimate of drug-likeness (QED) is 0.0647. The zero-order valence-electron chi connectivity index (χ0n) is 28.4. The molecule has 23 nitrogen and oxygen atoms in total. The van der Waals surface area contributed by atoms with E-state index in [9.17, 15) is 43.7 Å². The molecule has 2 aromatic rings. The van der Waals surface area contributed by atoms with Crippen molar-refractivity contribution in [3.63, 3.8) is 0 Å². The summed E-state index contributed by atoms with van der Waals surface area (Å²) in [6.45, 7) is -3.35. The molecule has 27 heteroatoms. The van der Waals surface area contributed by atoms with Gasteiger partial charge in [-0.2, -0.15) is 0 Å². The van der Waals surface area contributed by atoms with Gasteiger partial charge < -0.3 is 58.7 Å². The first kappa shape index (κ1) is 43.0. The van der Waals surface area contributed by atoms with Crippen molar-refractivity contribution in [3.8, 4) is 12.3 Å². The highest BCUT2D eigenvalue weighted by Crippen LogP contribution is 2.62. The molecule has 2 aliphatic rings. The summed E-state index contributed by atoms with van der Waals surface area (Å²) in [5, 5.41) is 22.1. The fourth-order valence-electron chi connectivity index (χ4n) is 5.32. The number of nitrogens with two attached hydrogens (primary N) is 1. The van der Waals surface area contributed by atoms with Gasteiger partial charge in [0.05, 0.1) is 12.9 Å². The molecule has 4 rings (SSSR count). The van der Waals surface area contributed by atoms with Crippen LogP contribution in [0, 0.1) is 12.3 Å². The van der Waals surface area contributed by atoms with Crippen molar-refractivity contribution in [3.05, 3.63) is 12.7 Å². The predicted octanol–water partition coefficient (Wildman–Crippen LogP) is -1.18. The molecule has 2 aromatic heterocycles. The van der Waals surface area contributed by atoms with Crippen molar-refractivity contribution in [1.82, 2.24) is 19.5 Å². The molecular formula is C27H34FN5O18P2S. The fourth-order valence-corrected chi connectivity index (χ4v) is 8.42. The lowest BCUT2D eigenvalue weighted by molar-refractivity contribution is -0.296. The lowest BCUT2D eigenvalue weighted by atomic mass is 9.95. The number of ether oxygens (including phenoxy) is 6. The third-order valence-electron chi connectivity index (χ3n) is 7.44. The Morgan fingerprint density at radius 2 is 1.67 bits per heavy atom. The molecule has 0 bridgehead atoms. The molecule has 2 saturated heterocycles. The number of hydrogen-bond donors (Lipinski definition) is 5. The van der Waals surface area contributed by atoms with E-state index in [1.54, 1.807) is 0 Å². The number of rotatable bonds is 14. The van der Waals surface area contributed by atoms with Crippen LogP contribution in [0.4, 0.5) is 10.2 Å². The molecule has 0 saturated carbocycles. The van der Waals surface area contributed by atoms with Crippen LogP contribution in [-0.2, 0) is 77.3 Å². The number of alkyl halides is 1. The van der Waals surface area contributed by atoms with Gasteiger partial charge in [0, 0.05) is 27.7 Å². The van der Waals surface area contributed by atoms with Gasteiger partial charge in [-0.25, -0.2) is 28.2 Å². The highest BCUT2D eigenvalue weighted by Gasteiger charge is 2.58. The first-order chi connectivity index (χ1) is 25.1. The zero-order chi connectivity index (χ0) is 40.3. The average Bonchev–Trinajstić information content (AvgIpc) is 3.59. The standard InChI is InChI=1S/C27H34FN5O18P2S/c1-6-27(39)22(38)16(48-26(27)33-10-32-17-23(29)30-9-31-24(17)33)8-44-53(42,54)51-52(40,41)50-25-21(47-14(5)37)20(46-13(4)36)19(45-12(3)35)18(49-25)15(28)7-43-11(2)34/h1,9-10,15-16,18-22,25-26,38-39H,7-8H2,2-5H3,(H,40,41)(H,42,54)(H2,29,30,31)/t15-,16+,18?,19?,20?,21?,22+,25?,26+,27+,53?/m0/s1. The number of aliphatic hydroxyl groups excluding tert-OH is 1. The van der Waals surface area contributed by atoms with E-state index in [1.165, 1.54) is 0 Å². The molecule has 2 aliphatic heterocycles. The number of esters is 4. The van der Waals surface area contributed by atoms with Crippen LogP contribution in [0.2, 0.25) is 0 Å². The van der Waals surface area contributed by atoms with Gasteiger partial charge in [-0.05, 0) is 11.8 Å². The Morgan fingerprint density at radius 3 is 2.26 bits per heavy atom. The van der Waals surface area contributed by atoms with Gasteiger partial charge in [-0.3, -0.25) is 28.3 Å². The number of fused-ring (bicyclic) bond motifs is 1. The van der Waals surface area contributed by atoms with Crippen LogP contribution in [0.25, 0.3) is 11.2 Å². The summed E-state index contributed by atoms with van der Waals surface area (Å²) in [7, 11) is -5.78. The monoisotopic (exact) mass is 829 g/mol. The number of nitrogen functional groups attached to an aromatic ring is 1. The Labute approximate surface area is 308 Å². The minimum absolute atomic E-state index is 0.0267. The molecule has 4 heterocycles. The third-order valence-corrected chi connectivity index (χ3v) is 11.0. The van der Waals surface area contributed by atoms with Gasteiger partial charge in [0.25, 0.3) is 0 Å². The molecule has 0 spiro atoms.